The highest BCUT2D eigenvalue weighted by molar-refractivity contribution is 5.97. The highest BCUT2D eigenvalue weighted by Gasteiger charge is 2.32. The van der Waals surface area contributed by atoms with Crippen LogP contribution >= 0.6 is 0 Å². The van der Waals surface area contributed by atoms with Gasteiger partial charge in [0.25, 0.3) is 5.69 Å². The predicted octanol–water partition coefficient (Wildman–Crippen LogP) is 2.10. The van der Waals surface area contributed by atoms with Crippen LogP contribution in [0, 0.1) is 10.1 Å². The average molecular weight is 273 g/mol. The second-order valence-electron chi connectivity index (χ2n) is 5.43. The highest BCUT2D eigenvalue weighted by Crippen LogP contribution is 2.35. The molecule has 0 amide bonds. The van der Waals surface area contributed by atoms with Crippen molar-refractivity contribution in [2.75, 3.05) is 18.0 Å². The first kappa shape index (κ1) is 12.8. The van der Waals surface area contributed by atoms with Gasteiger partial charge in [-0.1, -0.05) is 0 Å². The normalized spacial score (nSPS) is 22.4. The summed E-state index contributed by atoms with van der Waals surface area (Å²) >= 11 is 0. The van der Waals surface area contributed by atoms with Crippen LogP contribution in [0.15, 0.2) is 30.5 Å². The molecule has 1 N–H and O–H groups in total. The van der Waals surface area contributed by atoms with Gasteiger partial charge in [0.2, 0.25) is 0 Å². The molecule has 1 aromatic heterocycles. The van der Waals surface area contributed by atoms with E-state index in [1.54, 1.807) is 31.3 Å². The number of hydrogen-bond acceptors (Lipinski definition) is 5. The first-order valence-corrected chi connectivity index (χ1v) is 6.47. The number of β-amino-alcohol motifs (C(OH)–C–C–N with tert-alkyl or cyclic N) is 1. The van der Waals surface area contributed by atoms with E-state index < -0.39 is 10.5 Å². The molecule has 1 unspecified atom stereocenters. The molecule has 1 aliphatic heterocycles. The number of anilines is 1. The quantitative estimate of drug-likeness (QED) is 0.669. The number of benzene rings is 1. The SMILES string of the molecule is CC1(O)CCN(c2ccc([N+](=O)[O-])c3cccnc23)C1. The first-order valence-electron chi connectivity index (χ1n) is 6.47. The van der Waals surface area contributed by atoms with Gasteiger partial charge < -0.3 is 10.0 Å². The highest BCUT2D eigenvalue weighted by atomic mass is 16.6. The van der Waals surface area contributed by atoms with Crippen molar-refractivity contribution in [3.05, 3.63) is 40.6 Å². The number of nitro benzene ring substituents is 1. The van der Waals surface area contributed by atoms with Crippen molar-refractivity contribution in [1.29, 1.82) is 0 Å². The maximum atomic E-state index is 11.1. The number of pyridine rings is 1. The minimum absolute atomic E-state index is 0.0582. The van der Waals surface area contributed by atoms with Gasteiger partial charge in [-0.25, -0.2) is 0 Å². The van der Waals surface area contributed by atoms with Crippen molar-refractivity contribution in [3.63, 3.8) is 0 Å². The lowest BCUT2D eigenvalue weighted by Crippen LogP contribution is -2.29. The lowest BCUT2D eigenvalue weighted by molar-refractivity contribution is -0.383. The van der Waals surface area contributed by atoms with Crippen LogP contribution in [0.5, 0.6) is 0 Å². The molecule has 20 heavy (non-hydrogen) atoms. The molecule has 0 saturated carbocycles. The van der Waals surface area contributed by atoms with Gasteiger partial charge in [0.05, 0.1) is 21.6 Å². The standard InChI is InChI=1S/C14H15N3O3/c1-14(18)6-8-16(9-14)12-5-4-11(17(19)20)10-3-2-7-15-13(10)12/h2-5,7,18H,6,8-9H2,1H3. The van der Waals surface area contributed by atoms with E-state index >= 15 is 0 Å². The number of fused-ring (bicyclic) bond motifs is 1. The fourth-order valence-corrected chi connectivity index (χ4v) is 2.71. The van der Waals surface area contributed by atoms with E-state index in [2.05, 4.69) is 4.98 Å². The number of rotatable bonds is 2. The number of aromatic nitrogens is 1. The Balaban J connectivity index is 2.14. The number of non-ortho nitro benzene ring substituents is 1. The van der Waals surface area contributed by atoms with E-state index in [-0.39, 0.29) is 5.69 Å². The van der Waals surface area contributed by atoms with E-state index in [0.29, 0.717) is 23.9 Å². The Kier molecular flexibility index (Phi) is 2.83. The van der Waals surface area contributed by atoms with Crippen molar-refractivity contribution in [2.24, 2.45) is 0 Å². The van der Waals surface area contributed by atoms with Gasteiger partial charge in [0, 0.05) is 25.4 Å². The third kappa shape index (κ3) is 2.08. The Labute approximate surface area is 115 Å². The minimum atomic E-state index is -0.719. The first-order chi connectivity index (χ1) is 9.48. The zero-order valence-corrected chi connectivity index (χ0v) is 11.1. The largest absolute Gasteiger partial charge is 0.388 e. The lowest BCUT2D eigenvalue weighted by Gasteiger charge is -2.21. The second-order valence-corrected chi connectivity index (χ2v) is 5.43. The molecule has 2 heterocycles. The van der Waals surface area contributed by atoms with E-state index in [4.69, 9.17) is 0 Å². The maximum Gasteiger partial charge on any atom is 0.278 e. The molecule has 6 nitrogen and oxygen atoms in total. The Hall–Kier alpha value is -2.21. The van der Waals surface area contributed by atoms with Crippen LogP contribution in [0.25, 0.3) is 10.9 Å². The van der Waals surface area contributed by atoms with Crippen molar-refractivity contribution < 1.29 is 10.0 Å². The van der Waals surface area contributed by atoms with Crippen LogP contribution in [0.2, 0.25) is 0 Å². The van der Waals surface area contributed by atoms with Crippen molar-refractivity contribution in [1.82, 2.24) is 4.98 Å². The molecule has 1 aromatic carbocycles. The summed E-state index contributed by atoms with van der Waals surface area (Å²) in [5, 5.41) is 21.7. The zero-order valence-electron chi connectivity index (χ0n) is 11.1. The van der Waals surface area contributed by atoms with E-state index in [1.807, 2.05) is 4.90 Å². The fourth-order valence-electron chi connectivity index (χ4n) is 2.71. The molecule has 2 aromatic rings. The van der Waals surface area contributed by atoms with Crippen molar-refractivity contribution in [3.8, 4) is 0 Å². The molecule has 0 bridgehead atoms. The number of hydrogen-bond donors (Lipinski definition) is 1. The van der Waals surface area contributed by atoms with Crippen LogP contribution < -0.4 is 4.90 Å². The Morgan fingerprint density at radius 1 is 1.45 bits per heavy atom. The molecule has 104 valence electrons. The third-order valence-corrected chi connectivity index (χ3v) is 3.71. The van der Waals surface area contributed by atoms with Gasteiger partial charge in [0.15, 0.2) is 0 Å². The van der Waals surface area contributed by atoms with E-state index in [9.17, 15) is 15.2 Å². The van der Waals surface area contributed by atoms with E-state index in [1.165, 1.54) is 6.07 Å². The second kappa shape index (κ2) is 4.42. The van der Waals surface area contributed by atoms with Gasteiger partial charge in [0.1, 0.15) is 5.52 Å². The molecule has 0 radical (unpaired) electrons. The van der Waals surface area contributed by atoms with Crippen LogP contribution in [0.4, 0.5) is 11.4 Å². The predicted molar refractivity (Wildman–Crippen MR) is 75.9 cm³/mol. The third-order valence-electron chi connectivity index (χ3n) is 3.71. The lowest BCUT2D eigenvalue weighted by atomic mass is 10.1. The number of nitro groups is 1. The van der Waals surface area contributed by atoms with Crippen LogP contribution in [-0.2, 0) is 0 Å². The summed E-state index contributed by atoms with van der Waals surface area (Å²) in [5.74, 6) is 0. The zero-order chi connectivity index (χ0) is 14.3. The van der Waals surface area contributed by atoms with Crippen molar-refractivity contribution in [2.45, 2.75) is 18.9 Å². The van der Waals surface area contributed by atoms with Crippen LogP contribution in [0.1, 0.15) is 13.3 Å². The van der Waals surface area contributed by atoms with Gasteiger partial charge in [-0.3, -0.25) is 15.1 Å². The molecular formula is C14H15N3O3. The Morgan fingerprint density at radius 2 is 2.25 bits per heavy atom. The molecule has 1 aliphatic rings. The smallest absolute Gasteiger partial charge is 0.278 e. The number of nitrogens with zero attached hydrogens (tertiary/aromatic N) is 3. The molecule has 6 heteroatoms. The van der Waals surface area contributed by atoms with Crippen molar-refractivity contribution >= 4 is 22.3 Å². The topological polar surface area (TPSA) is 79.5 Å². The molecule has 0 spiro atoms. The average Bonchev–Trinajstić information content (AvgIpc) is 2.77. The van der Waals surface area contributed by atoms with Gasteiger partial charge >= 0.3 is 0 Å². The Morgan fingerprint density at radius 3 is 2.90 bits per heavy atom. The summed E-state index contributed by atoms with van der Waals surface area (Å²) in [7, 11) is 0. The summed E-state index contributed by atoms with van der Waals surface area (Å²) in [5.41, 5.74) is 0.786. The summed E-state index contributed by atoms with van der Waals surface area (Å²) in [6.07, 6.45) is 2.31. The van der Waals surface area contributed by atoms with Crippen LogP contribution in [-0.4, -0.2) is 33.7 Å². The van der Waals surface area contributed by atoms with E-state index in [0.717, 1.165) is 12.2 Å². The summed E-state index contributed by atoms with van der Waals surface area (Å²) in [6, 6.07) is 6.62. The molecule has 3 rings (SSSR count). The number of aliphatic hydroxyl groups is 1. The summed E-state index contributed by atoms with van der Waals surface area (Å²) < 4.78 is 0. The monoisotopic (exact) mass is 273 g/mol. The maximum absolute atomic E-state index is 11.1. The molecule has 0 aliphatic carbocycles. The van der Waals surface area contributed by atoms with Gasteiger partial charge in [-0.05, 0) is 31.5 Å². The summed E-state index contributed by atoms with van der Waals surface area (Å²) in [6.45, 7) is 3.03. The molecule has 1 fully saturated rings. The van der Waals surface area contributed by atoms with Gasteiger partial charge in [-0.2, -0.15) is 0 Å². The molecule has 1 atom stereocenters. The molecule has 1 saturated heterocycles. The molecular weight excluding hydrogens is 258 g/mol. The van der Waals surface area contributed by atoms with Crippen LogP contribution in [0.3, 0.4) is 0 Å². The summed E-state index contributed by atoms with van der Waals surface area (Å²) in [4.78, 5) is 17.0. The Bertz CT molecular complexity index is 684. The minimum Gasteiger partial charge on any atom is -0.388 e. The fraction of sp³-hybridized carbons (Fsp3) is 0.357. The van der Waals surface area contributed by atoms with Gasteiger partial charge in [-0.15, -0.1) is 0 Å².